The van der Waals surface area contributed by atoms with Crippen LogP contribution in [0.4, 0.5) is 0 Å². The Morgan fingerprint density at radius 2 is 1.11 bits per heavy atom. The zero-order chi connectivity index (χ0) is 13.8. The van der Waals surface area contributed by atoms with E-state index in [0.29, 0.717) is 11.8 Å². The summed E-state index contributed by atoms with van der Waals surface area (Å²) in [4.78, 5) is 24.3. The lowest BCUT2D eigenvalue weighted by Gasteiger charge is -2.29. The average molecular weight is 266 g/mol. The molecule has 0 N–H and O–H groups in total. The summed E-state index contributed by atoms with van der Waals surface area (Å²) < 4.78 is 5.19. The molecule has 2 rings (SSSR count). The predicted molar refractivity (Wildman–Crippen MR) is 73.3 cm³/mol. The standard InChI is InChI=1S/C16H26O3/c1-11-7-3-5-9-13(11)15(17)19-16(18)14-10-6-4-8-12(14)2/h11-14H,3-10H2,1-2H3/t11-,12-,13+,14+/m1/s1. The van der Waals surface area contributed by atoms with E-state index in [0.717, 1.165) is 38.5 Å². The molecule has 0 spiro atoms. The molecule has 2 aliphatic rings. The van der Waals surface area contributed by atoms with Crippen molar-refractivity contribution in [2.75, 3.05) is 0 Å². The predicted octanol–water partition coefficient (Wildman–Crippen LogP) is 3.71. The summed E-state index contributed by atoms with van der Waals surface area (Å²) in [6, 6.07) is 0. The molecular weight excluding hydrogens is 240 g/mol. The summed E-state index contributed by atoms with van der Waals surface area (Å²) in [5, 5.41) is 0. The van der Waals surface area contributed by atoms with Crippen LogP contribution in [-0.4, -0.2) is 11.9 Å². The van der Waals surface area contributed by atoms with Gasteiger partial charge in [0, 0.05) is 0 Å². The van der Waals surface area contributed by atoms with Gasteiger partial charge in [-0.1, -0.05) is 39.5 Å². The smallest absolute Gasteiger partial charge is 0.316 e. The van der Waals surface area contributed by atoms with Crippen molar-refractivity contribution in [2.45, 2.75) is 65.2 Å². The molecule has 0 unspecified atom stereocenters. The van der Waals surface area contributed by atoms with Crippen molar-refractivity contribution in [1.82, 2.24) is 0 Å². The van der Waals surface area contributed by atoms with Gasteiger partial charge in [0.05, 0.1) is 11.8 Å². The van der Waals surface area contributed by atoms with E-state index in [2.05, 4.69) is 13.8 Å². The van der Waals surface area contributed by atoms with E-state index in [-0.39, 0.29) is 23.8 Å². The Balaban J connectivity index is 1.88. The first kappa shape index (κ1) is 14.5. The van der Waals surface area contributed by atoms with Gasteiger partial charge < -0.3 is 4.74 Å². The number of esters is 2. The molecule has 3 nitrogen and oxygen atoms in total. The second-order valence-corrected chi connectivity index (χ2v) is 6.48. The third kappa shape index (κ3) is 3.58. The Morgan fingerprint density at radius 3 is 1.47 bits per heavy atom. The fraction of sp³-hybridized carbons (Fsp3) is 0.875. The lowest BCUT2D eigenvalue weighted by Crippen LogP contribution is -2.33. The Labute approximate surface area is 116 Å². The Morgan fingerprint density at radius 1 is 0.737 bits per heavy atom. The molecule has 4 atom stereocenters. The van der Waals surface area contributed by atoms with Crippen molar-refractivity contribution < 1.29 is 14.3 Å². The van der Waals surface area contributed by atoms with Crippen molar-refractivity contribution in [2.24, 2.45) is 23.7 Å². The molecule has 0 aliphatic heterocycles. The summed E-state index contributed by atoms with van der Waals surface area (Å²) in [5.74, 6) is 0.0637. The van der Waals surface area contributed by atoms with Gasteiger partial charge in [0.15, 0.2) is 0 Å². The first-order valence-corrected chi connectivity index (χ1v) is 7.85. The van der Waals surface area contributed by atoms with E-state index >= 15 is 0 Å². The maximum atomic E-state index is 12.1. The summed E-state index contributed by atoms with van der Waals surface area (Å²) >= 11 is 0. The molecule has 0 aromatic heterocycles. The molecule has 0 amide bonds. The summed E-state index contributed by atoms with van der Waals surface area (Å²) in [7, 11) is 0. The minimum Gasteiger partial charge on any atom is -0.393 e. The van der Waals surface area contributed by atoms with E-state index in [4.69, 9.17) is 4.74 Å². The molecular formula is C16H26O3. The van der Waals surface area contributed by atoms with Gasteiger partial charge in [-0.15, -0.1) is 0 Å². The Hall–Kier alpha value is -0.860. The van der Waals surface area contributed by atoms with E-state index in [9.17, 15) is 9.59 Å². The van der Waals surface area contributed by atoms with Crippen LogP contribution >= 0.6 is 0 Å². The number of hydrogen-bond donors (Lipinski definition) is 0. The van der Waals surface area contributed by atoms with Crippen molar-refractivity contribution in [1.29, 1.82) is 0 Å². The normalized spacial score (nSPS) is 35.7. The zero-order valence-corrected chi connectivity index (χ0v) is 12.2. The van der Waals surface area contributed by atoms with Crippen LogP contribution in [0.5, 0.6) is 0 Å². The highest BCUT2D eigenvalue weighted by Gasteiger charge is 2.34. The van der Waals surface area contributed by atoms with E-state index in [1.165, 1.54) is 12.8 Å². The lowest BCUT2D eigenvalue weighted by molar-refractivity contribution is -0.169. The molecule has 2 saturated carbocycles. The van der Waals surface area contributed by atoms with E-state index in [1.54, 1.807) is 0 Å². The monoisotopic (exact) mass is 266 g/mol. The quantitative estimate of drug-likeness (QED) is 0.565. The Kier molecular flexibility index (Phi) is 5.00. The van der Waals surface area contributed by atoms with Gasteiger partial charge in [0.1, 0.15) is 0 Å². The largest absolute Gasteiger partial charge is 0.393 e. The van der Waals surface area contributed by atoms with Gasteiger partial charge in [0.2, 0.25) is 0 Å². The summed E-state index contributed by atoms with van der Waals surface area (Å²) in [6.07, 6.45) is 8.47. The fourth-order valence-electron chi connectivity index (χ4n) is 3.58. The molecule has 2 aliphatic carbocycles. The van der Waals surface area contributed by atoms with Crippen LogP contribution in [0.25, 0.3) is 0 Å². The molecule has 0 aromatic carbocycles. The van der Waals surface area contributed by atoms with Crippen LogP contribution in [0.2, 0.25) is 0 Å². The van der Waals surface area contributed by atoms with Gasteiger partial charge >= 0.3 is 11.9 Å². The molecule has 3 heteroatoms. The first-order valence-electron chi connectivity index (χ1n) is 7.85. The van der Waals surface area contributed by atoms with Crippen molar-refractivity contribution in [3.05, 3.63) is 0 Å². The molecule has 19 heavy (non-hydrogen) atoms. The minimum atomic E-state index is -0.269. The Bertz CT molecular complexity index is 305. The van der Waals surface area contributed by atoms with Crippen LogP contribution in [0.15, 0.2) is 0 Å². The molecule has 0 bridgehead atoms. The van der Waals surface area contributed by atoms with Crippen LogP contribution in [-0.2, 0) is 14.3 Å². The SMILES string of the molecule is C[C@@H]1CCCC[C@@H]1C(=O)OC(=O)[C@H]1CCCC[C@H]1C. The second-order valence-electron chi connectivity index (χ2n) is 6.48. The number of carbonyl (C=O) groups is 2. The summed E-state index contributed by atoms with van der Waals surface area (Å²) in [5.41, 5.74) is 0. The maximum Gasteiger partial charge on any atom is 0.316 e. The van der Waals surface area contributed by atoms with Crippen molar-refractivity contribution >= 4 is 11.9 Å². The third-order valence-corrected chi connectivity index (χ3v) is 5.03. The van der Waals surface area contributed by atoms with Gasteiger partial charge in [-0.25, -0.2) is 0 Å². The van der Waals surface area contributed by atoms with Crippen molar-refractivity contribution in [3.8, 4) is 0 Å². The van der Waals surface area contributed by atoms with Gasteiger partial charge in [-0.05, 0) is 37.5 Å². The third-order valence-electron chi connectivity index (χ3n) is 5.03. The van der Waals surface area contributed by atoms with Gasteiger partial charge in [0.25, 0.3) is 0 Å². The highest BCUT2D eigenvalue weighted by atomic mass is 16.6. The summed E-state index contributed by atoms with van der Waals surface area (Å²) in [6.45, 7) is 4.19. The van der Waals surface area contributed by atoms with Crippen LogP contribution in [0.1, 0.15) is 65.2 Å². The highest BCUT2D eigenvalue weighted by Crippen LogP contribution is 2.33. The number of ether oxygens (including phenoxy) is 1. The molecule has 0 radical (unpaired) electrons. The molecule has 0 aromatic rings. The van der Waals surface area contributed by atoms with Gasteiger partial charge in [-0.3, -0.25) is 9.59 Å². The first-order chi connectivity index (χ1) is 9.09. The molecule has 0 saturated heterocycles. The average Bonchev–Trinajstić information content (AvgIpc) is 2.39. The minimum absolute atomic E-state index is 0.0587. The molecule has 0 heterocycles. The molecule has 2 fully saturated rings. The molecule has 108 valence electrons. The van der Waals surface area contributed by atoms with E-state index in [1.807, 2.05) is 0 Å². The van der Waals surface area contributed by atoms with Crippen LogP contribution in [0.3, 0.4) is 0 Å². The van der Waals surface area contributed by atoms with Gasteiger partial charge in [-0.2, -0.15) is 0 Å². The second kappa shape index (κ2) is 6.53. The zero-order valence-electron chi connectivity index (χ0n) is 12.2. The lowest BCUT2D eigenvalue weighted by atomic mass is 9.79. The van der Waals surface area contributed by atoms with Crippen molar-refractivity contribution in [3.63, 3.8) is 0 Å². The fourth-order valence-corrected chi connectivity index (χ4v) is 3.58. The topological polar surface area (TPSA) is 43.4 Å². The van der Waals surface area contributed by atoms with Crippen LogP contribution < -0.4 is 0 Å². The highest BCUT2D eigenvalue weighted by molar-refractivity contribution is 5.88. The van der Waals surface area contributed by atoms with E-state index < -0.39 is 0 Å². The van der Waals surface area contributed by atoms with Crippen LogP contribution in [0, 0.1) is 23.7 Å². The number of hydrogen-bond acceptors (Lipinski definition) is 3. The number of rotatable bonds is 2. The number of carbonyl (C=O) groups excluding carboxylic acids is 2. The maximum absolute atomic E-state index is 12.1.